The van der Waals surface area contributed by atoms with Gasteiger partial charge in [0.15, 0.2) is 0 Å². The largest absolute Gasteiger partial charge is 0.387 e. The van der Waals surface area contributed by atoms with Crippen molar-refractivity contribution in [2.75, 3.05) is 17.7 Å². The summed E-state index contributed by atoms with van der Waals surface area (Å²) in [6.07, 6.45) is 3.52. The molecular formula is C14H16FN3. The molecule has 0 saturated heterocycles. The van der Waals surface area contributed by atoms with E-state index in [-0.39, 0.29) is 11.9 Å². The zero-order valence-electron chi connectivity index (χ0n) is 10.4. The highest BCUT2D eigenvalue weighted by atomic mass is 19.1. The van der Waals surface area contributed by atoms with Crippen LogP contribution in [0.3, 0.4) is 0 Å². The molecule has 4 heteroatoms. The number of hydrogen-bond donors (Lipinski definition) is 2. The van der Waals surface area contributed by atoms with E-state index in [0.29, 0.717) is 0 Å². The Morgan fingerprint density at radius 1 is 1.11 bits per heavy atom. The minimum atomic E-state index is -0.218. The van der Waals surface area contributed by atoms with Gasteiger partial charge in [-0.25, -0.2) is 4.39 Å². The summed E-state index contributed by atoms with van der Waals surface area (Å²) in [5.74, 6) is -0.218. The highest BCUT2D eigenvalue weighted by molar-refractivity contribution is 5.54. The summed E-state index contributed by atoms with van der Waals surface area (Å²) in [4.78, 5) is 4.13. The molecule has 0 amide bonds. The number of aromatic nitrogens is 1. The summed E-state index contributed by atoms with van der Waals surface area (Å²) >= 11 is 0. The van der Waals surface area contributed by atoms with E-state index < -0.39 is 0 Å². The molecule has 1 heterocycles. The molecule has 0 spiro atoms. The van der Waals surface area contributed by atoms with E-state index in [1.165, 1.54) is 12.1 Å². The van der Waals surface area contributed by atoms with Crippen LogP contribution in [0.1, 0.15) is 18.5 Å². The first-order valence-corrected chi connectivity index (χ1v) is 5.84. The fourth-order valence-corrected chi connectivity index (χ4v) is 1.74. The molecule has 1 atom stereocenters. The molecule has 0 bridgehead atoms. The van der Waals surface area contributed by atoms with Gasteiger partial charge in [-0.05, 0) is 30.7 Å². The first kappa shape index (κ1) is 12.4. The van der Waals surface area contributed by atoms with Gasteiger partial charge in [0, 0.05) is 13.1 Å². The van der Waals surface area contributed by atoms with Crippen LogP contribution >= 0.6 is 0 Å². The Bertz CT molecular complexity index is 511. The lowest BCUT2D eigenvalue weighted by Crippen LogP contribution is -2.07. The molecule has 1 aromatic heterocycles. The molecule has 0 aliphatic heterocycles. The van der Waals surface area contributed by atoms with E-state index in [9.17, 15) is 4.39 Å². The predicted molar refractivity (Wildman–Crippen MR) is 72.2 cm³/mol. The fourth-order valence-electron chi connectivity index (χ4n) is 1.74. The monoisotopic (exact) mass is 245 g/mol. The number of pyridine rings is 1. The van der Waals surface area contributed by atoms with Crippen LogP contribution in [0.5, 0.6) is 0 Å². The molecule has 0 radical (unpaired) electrons. The Hall–Kier alpha value is -2.10. The predicted octanol–water partition coefficient (Wildman–Crippen LogP) is 3.44. The van der Waals surface area contributed by atoms with Crippen LogP contribution in [0.4, 0.5) is 15.8 Å². The van der Waals surface area contributed by atoms with E-state index in [2.05, 4.69) is 15.6 Å². The van der Waals surface area contributed by atoms with E-state index in [1.807, 2.05) is 20.0 Å². The summed E-state index contributed by atoms with van der Waals surface area (Å²) in [6.45, 7) is 2.03. The molecule has 1 aromatic carbocycles. The van der Waals surface area contributed by atoms with Crippen molar-refractivity contribution in [3.8, 4) is 0 Å². The van der Waals surface area contributed by atoms with Gasteiger partial charge < -0.3 is 10.6 Å². The zero-order valence-corrected chi connectivity index (χ0v) is 10.4. The number of halogens is 1. The van der Waals surface area contributed by atoms with Crippen molar-refractivity contribution in [1.29, 1.82) is 0 Å². The van der Waals surface area contributed by atoms with Gasteiger partial charge in [-0.15, -0.1) is 0 Å². The third-order valence-electron chi connectivity index (χ3n) is 2.78. The van der Waals surface area contributed by atoms with Crippen LogP contribution in [0.25, 0.3) is 0 Å². The number of benzene rings is 1. The molecule has 3 nitrogen and oxygen atoms in total. The van der Waals surface area contributed by atoms with E-state index >= 15 is 0 Å². The Labute approximate surface area is 106 Å². The number of hydrogen-bond acceptors (Lipinski definition) is 3. The van der Waals surface area contributed by atoms with E-state index in [1.54, 1.807) is 24.5 Å². The lowest BCUT2D eigenvalue weighted by molar-refractivity contribution is 0.626. The van der Waals surface area contributed by atoms with Crippen molar-refractivity contribution in [3.63, 3.8) is 0 Å². The maximum atomic E-state index is 12.8. The molecule has 1 unspecified atom stereocenters. The summed E-state index contributed by atoms with van der Waals surface area (Å²) in [7, 11) is 1.85. The van der Waals surface area contributed by atoms with Crippen LogP contribution in [0, 0.1) is 5.82 Å². The summed E-state index contributed by atoms with van der Waals surface area (Å²) in [5, 5.41) is 6.36. The molecule has 0 aliphatic rings. The molecule has 94 valence electrons. The molecular weight excluding hydrogens is 229 g/mol. The van der Waals surface area contributed by atoms with Gasteiger partial charge in [0.25, 0.3) is 0 Å². The summed E-state index contributed by atoms with van der Waals surface area (Å²) in [5.41, 5.74) is 2.91. The van der Waals surface area contributed by atoms with Crippen molar-refractivity contribution >= 4 is 11.4 Å². The maximum absolute atomic E-state index is 12.8. The Morgan fingerprint density at radius 2 is 1.78 bits per heavy atom. The number of nitrogens with one attached hydrogen (secondary N) is 2. The van der Waals surface area contributed by atoms with Gasteiger partial charge in [0.05, 0.1) is 23.8 Å². The lowest BCUT2D eigenvalue weighted by Gasteiger charge is -2.16. The average Bonchev–Trinajstić information content (AvgIpc) is 2.39. The summed E-state index contributed by atoms with van der Waals surface area (Å²) in [6, 6.07) is 8.57. The first-order valence-electron chi connectivity index (χ1n) is 5.84. The van der Waals surface area contributed by atoms with Gasteiger partial charge in [-0.1, -0.05) is 12.1 Å². The van der Waals surface area contributed by atoms with Crippen LogP contribution < -0.4 is 10.6 Å². The van der Waals surface area contributed by atoms with Crippen LogP contribution in [-0.2, 0) is 0 Å². The highest BCUT2D eigenvalue weighted by Crippen LogP contribution is 2.20. The third-order valence-corrected chi connectivity index (χ3v) is 2.78. The molecule has 18 heavy (non-hydrogen) atoms. The van der Waals surface area contributed by atoms with Crippen LogP contribution in [-0.4, -0.2) is 12.0 Å². The Morgan fingerprint density at radius 3 is 2.44 bits per heavy atom. The van der Waals surface area contributed by atoms with Crippen molar-refractivity contribution in [1.82, 2.24) is 4.98 Å². The molecule has 2 N–H and O–H groups in total. The number of anilines is 2. The second kappa shape index (κ2) is 5.49. The zero-order chi connectivity index (χ0) is 13.0. The smallest absolute Gasteiger partial charge is 0.123 e. The SMILES string of the molecule is CNc1cncc(NC(C)c2ccc(F)cc2)c1. The fraction of sp³-hybridized carbons (Fsp3) is 0.214. The van der Waals surface area contributed by atoms with E-state index in [0.717, 1.165) is 16.9 Å². The highest BCUT2D eigenvalue weighted by Gasteiger charge is 2.05. The topological polar surface area (TPSA) is 37.0 Å². The number of nitrogens with zero attached hydrogens (tertiary/aromatic N) is 1. The van der Waals surface area contributed by atoms with Crippen molar-refractivity contribution < 1.29 is 4.39 Å². The van der Waals surface area contributed by atoms with Crippen LogP contribution in [0.2, 0.25) is 0 Å². The van der Waals surface area contributed by atoms with Gasteiger partial charge in [0.2, 0.25) is 0 Å². The normalized spacial score (nSPS) is 11.9. The quantitative estimate of drug-likeness (QED) is 0.866. The first-order chi connectivity index (χ1) is 8.69. The van der Waals surface area contributed by atoms with Crippen molar-refractivity contribution in [2.45, 2.75) is 13.0 Å². The molecule has 0 saturated carbocycles. The van der Waals surface area contributed by atoms with E-state index in [4.69, 9.17) is 0 Å². The second-order valence-corrected chi connectivity index (χ2v) is 4.13. The van der Waals surface area contributed by atoms with Gasteiger partial charge >= 0.3 is 0 Å². The Kier molecular flexibility index (Phi) is 3.77. The lowest BCUT2D eigenvalue weighted by atomic mass is 10.1. The average molecular weight is 245 g/mol. The maximum Gasteiger partial charge on any atom is 0.123 e. The molecule has 0 aliphatic carbocycles. The second-order valence-electron chi connectivity index (χ2n) is 4.13. The van der Waals surface area contributed by atoms with Gasteiger partial charge in [-0.2, -0.15) is 0 Å². The van der Waals surface area contributed by atoms with Gasteiger partial charge in [-0.3, -0.25) is 4.98 Å². The number of rotatable bonds is 4. The standard InChI is InChI=1S/C14H16FN3/c1-10(11-3-5-12(15)6-4-11)18-14-7-13(16-2)8-17-9-14/h3-10,16,18H,1-2H3. The minimum absolute atomic E-state index is 0.0968. The molecule has 2 rings (SSSR count). The molecule has 2 aromatic rings. The van der Waals surface area contributed by atoms with Crippen molar-refractivity contribution in [3.05, 3.63) is 54.1 Å². The van der Waals surface area contributed by atoms with Gasteiger partial charge in [0.1, 0.15) is 5.82 Å². The third kappa shape index (κ3) is 2.97. The van der Waals surface area contributed by atoms with Crippen molar-refractivity contribution in [2.24, 2.45) is 0 Å². The molecule has 0 fully saturated rings. The summed E-state index contributed by atoms with van der Waals surface area (Å²) < 4.78 is 12.8. The Balaban J connectivity index is 2.10. The minimum Gasteiger partial charge on any atom is -0.387 e. The van der Waals surface area contributed by atoms with Crippen LogP contribution in [0.15, 0.2) is 42.7 Å².